The van der Waals surface area contributed by atoms with Crippen LogP contribution >= 0.6 is 0 Å². The van der Waals surface area contributed by atoms with Crippen LogP contribution in [0.1, 0.15) is 50.9 Å². The summed E-state index contributed by atoms with van der Waals surface area (Å²) in [5.41, 5.74) is 1.07. The van der Waals surface area contributed by atoms with E-state index in [1.807, 2.05) is 6.92 Å². The number of hydrogen-bond donors (Lipinski definition) is 2. The van der Waals surface area contributed by atoms with Crippen molar-refractivity contribution < 1.29 is 21.6 Å². The van der Waals surface area contributed by atoms with Crippen molar-refractivity contribution >= 4 is 32.1 Å². The number of sulfonamides is 1. The lowest BCUT2D eigenvalue weighted by Gasteiger charge is -2.23. The van der Waals surface area contributed by atoms with Crippen molar-refractivity contribution in [2.75, 3.05) is 0 Å². The molecule has 2 fully saturated rings. The number of aromatic amines is 1. The first-order valence-electron chi connectivity index (χ1n) is 10.1. The number of fused-ring (bicyclic) bond motifs is 3. The van der Waals surface area contributed by atoms with E-state index >= 15 is 0 Å². The number of nitrogens with one attached hydrogen (secondary N) is 2. The second kappa shape index (κ2) is 6.68. The van der Waals surface area contributed by atoms with E-state index in [2.05, 4.69) is 19.7 Å². The summed E-state index contributed by atoms with van der Waals surface area (Å²) in [6.07, 6.45) is 1.09. The van der Waals surface area contributed by atoms with Gasteiger partial charge >= 0.3 is 6.18 Å². The molecule has 0 spiro atoms. The molecule has 2 N–H and O–H groups in total. The van der Waals surface area contributed by atoms with Gasteiger partial charge in [-0.15, -0.1) is 0 Å². The van der Waals surface area contributed by atoms with Crippen molar-refractivity contribution in [1.82, 2.24) is 24.2 Å². The molecule has 7 nitrogen and oxygen atoms in total. The monoisotopic (exact) mass is 441 g/mol. The maximum atomic E-state index is 14.0. The third-order valence-electron chi connectivity index (χ3n) is 6.30. The van der Waals surface area contributed by atoms with E-state index in [9.17, 15) is 21.6 Å². The number of aromatic nitrogens is 4. The Morgan fingerprint density at radius 1 is 1.30 bits per heavy atom. The summed E-state index contributed by atoms with van der Waals surface area (Å²) in [7, 11) is -3.41. The van der Waals surface area contributed by atoms with Crippen LogP contribution in [0, 0.1) is 5.92 Å². The normalized spacial score (nSPS) is 25.5. The van der Waals surface area contributed by atoms with Crippen molar-refractivity contribution in [3.05, 3.63) is 24.3 Å². The van der Waals surface area contributed by atoms with Crippen LogP contribution in [0.15, 0.2) is 18.5 Å². The topological polar surface area (TPSA) is 92.7 Å². The van der Waals surface area contributed by atoms with Gasteiger partial charge in [0.05, 0.1) is 17.0 Å². The molecule has 3 heterocycles. The summed E-state index contributed by atoms with van der Waals surface area (Å²) in [5, 5.41) is 0.217. The minimum atomic E-state index is -4.63. The third-order valence-corrected chi connectivity index (χ3v) is 8.31. The van der Waals surface area contributed by atoms with Gasteiger partial charge in [0.2, 0.25) is 15.8 Å². The van der Waals surface area contributed by atoms with Gasteiger partial charge < -0.3 is 9.55 Å². The molecule has 0 radical (unpaired) electrons. The summed E-state index contributed by atoms with van der Waals surface area (Å²) < 4.78 is 70.7. The number of nitrogens with zero attached hydrogens (tertiary/aromatic N) is 3. The van der Waals surface area contributed by atoms with Crippen molar-refractivity contribution in [3.8, 4) is 0 Å². The first-order valence-corrected chi connectivity index (χ1v) is 11.7. The molecular weight excluding hydrogens is 419 g/mol. The molecule has 162 valence electrons. The van der Waals surface area contributed by atoms with E-state index in [-0.39, 0.29) is 22.7 Å². The maximum Gasteiger partial charge on any atom is 0.449 e. The zero-order valence-corrected chi connectivity index (χ0v) is 17.1. The zero-order valence-electron chi connectivity index (χ0n) is 16.3. The van der Waals surface area contributed by atoms with Gasteiger partial charge in [-0.3, -0.25) is 0 Å². The predicted octanol–water partition coefficient (Wildman–Crippen LogP) is 3.74. The molecule has 0 bridgehead atoms. The maximum absolute atomic E-state index is 14.0. The lowest BCUT2D eigenvalue weighted by molar-refractivity contribution is -0.147. The molecule has 0 aromatic carbocycles. The molecule has 2 aliphatic rings. The Balaban J connectivity index is 1.62. The number of imidazole rings is 1. The molecule has 11 heteroatoms. The lowest BCUT2D eigenvalue weighted by Crippen LogP contribution is -2.35. The summed E-state index contributed by atoms with van der Waals surface area (Å²) in [5.74, 6) is -1.06. The fourth-order valence-corrected chi connectivity index (χ4v) is 6.38. The average Bonchev–Trinajstić information content (AvgIpc) is 3.13. The molecule has 30 heavy (non-hydrogen) atoms. The van der Waals surface area contributed by atoms with Gasteiger partial charge in [-0.05, 0) is 37.7 Å². The van der Waals surface area contributed by atoms with Crippen LogP contribution in [0.5, 0.6) is 0 Å². The van der Waals surface area contributed by atoms with Crippen molar-refractivity contribution in [1.29, 1.82) is 0 Å². The minimum Gasteiger partial charge on any atom is -0.346 e. The lowest BCUT2D eigenvalue weighted by atomic mass is 10.00. The van der Waals surface area contributed by atoms with Gasteiger partial charge in [0.25, 0.3) is 0 Å². The number of halogens is 3. The van der Waals surface area contributed by atoms with Gasteiger partial charge in [0, 0.05) is 23.7 Å². The molecule has 3 unspecified atom stereocenters. The van der Waals surface area contributed by atoms with Gasteiger partial charge in [0.15, 0.2) is 0 Å². The Labute approximate surface area is 171 Å². The molecule has 2 saturated carbocycles. The first-order chi connectivity index (χ1) is 14.2. The van der Waals surface area contributed by atoms with Crippen LogP contribution in [-0.2, 0) is 16.2 Å². The van der Waals surface area contributed by atoms with Gasteiger partial charge in [-0.25, -0.2) is 23.1 Å². The largest absolute Gasteiger partial charge is 0.449 e. The third kappa shape index (κ3) is 3.18. The smallest absolute Gasteiger partial charge is 0.346 e. The van der Waals surface area contributed by atoms with E-state index in [4.69, 9.17) is 0 Å². The highest BCUT2D eigenvalue weighted by molar-refractivity contribution is 7.90. The molecule has 3 atom stereocenters. The van der Waals surface area contributed by atoms with E-state index in [1.54, 1.807) is 12.3 Å². The van der Waals surface area contributed by atoms with Gasteiger partial charge in [-0.1, -0.05) is 13.3 Å². The Morgan fingerprint density at radius 3 is 2.73 bits per heavy atom. The van der Waals surface area contributed by atoms with Gasteiger partial charge in [0.1, 0.15) is 11.2 Å². The Morgan fingerprint density at radius 2 is 2.07 bits per heavy atom. The van der Waals surface area contributed by atoms with E-state index in [0.29, 0.717) is 48.7 Å². The SMILES string of the molecule is CCC1CC(NS(=O)(=O)C2CC2)CC1n1c(C(F)(F)F)nc2cnc3[nH]ccc3c21. The number of H-pyrrole nitrogens is 1. The molecular formula is C19H22F3N5O2S. The number of alkyl halides is 3. The van der Waals surface area contributed by atoms with Crippen LogP contribution in [0.25, 0.3) is 22.1 Å². The molecule has 3 aromatic rings. The highest BCUT2D eigenvalue weighted by Gasteiger charge is 2.45. The Hall–Kier alpha value is -2.14. The number of hydrogen-bond acceptors (Lipinski definition) is 4. The second-order valence-corrected chi connectivity index (χ2v) is 10.3. The Bertz CT molecular complexity index is 1210. The Kier molecular flexibility index (Phi) is 4.41. The number of rotatable bonds is 5. The molecule has 5 rings (SSSR count). The number of pyridine rings is 1. The fourth-order valence-electron chi connectivity index (χ4n) is 4.78. The van der Waals surface area contributed by atoms with Crippen LogP contribution in [0.4, 0.5) is 13.2 Å². The summed E-state index contributed by atoms with van der Waals surface area (Å²) in [6, 6.07) is 0.809. The summed E-state index contributed by atoms with van der Waals surface area (Å²) in [4.78, 5) is 11.0. The average molecular weight is 441 g/mol. The second-order valence-electron chi connectivity index (χ2n) is 8.30. The highest BCUT2D eigenvalue weighted by atomic mass is 32.2. The van der Waals surface area contributed by atoms with E-state index in [0.717, 1.165) is 0 Å². The quantitative estimate of drug-likeness (QED) is 0.631. The molecule has 0 amide bonds. The van der Waals surface area contributed by atoms with E-state index < -0.39 is 28.1 Å². The van der Waals surface area contributed by atoms with Crippen LogP contribution in [0.3, 0.4) is 0 Å². The standard InChI is InChI=1S/C19H22F3N5O2S/c1-2-10-7-11(26-30(28,29)12-3-4-12)8-15(10)27-16-13-5-6-23-17(13)24-9-14(16)25-18(27)19(20,21)22/h5-6,9-12,15,26H,2-4,7-8H2,1H3,(H,23,24). The minimum absolute atomic E-state index is 0.0995. The molecule has 2 aliphatic carbocycles. The first kappa shape index (κ1) is 19.8. The van der Waals surface area contributed by atoms with Crippen LogP contribution in [0.2, 0.25) is 0 Å². The van der Waals surface area contributed by atoms with Crippen molar-refractivity contribution in [3.63, 3.8) is 0 Å². The molecule has 0 saturated heterocycles. The molecule has 0 aliphatic heterocycles. The zero-order chi connectivity index (χ0) is 21.3. The summed E-state index contributed by atoms with van der Waals surface area (Å²) >= 11 is 0. The van der Waals surface area contributed by atoms with Crippen LogP contribution < -0.4 is 4.72 Å². The predicted molar refractivity (Wildman–Crippen MR) is 105 cm³/mol. The van der Waals surface area contributed by atoms with Crippen molar-refractivity contribution in [2.45, 2.75) is 62.5 Å². The fraction of sp³-hybridized carbons (Fsp3) is 0.579. The van der Waals surface area contributed by atoms with Gasteiger partial charge in [-0.2, -0.15) is 13.2 Å². The van der Waals surface area contributed by atoms with Crippen LogP contribution in [-0.4, -0.2) is 39.2 Å². The highest BCUT2D eigenvalue weighted by Crippen LogP contribution is 2.45. The molecule has 3 aromatic heterocycles. The van der Waals surface area contributed by atoms with E-state index in [1.165, 1.54) is 10.8 Å². The van der Waals surface area contributed by atoms with Crippen molar-refractivity contribution in [2.24, 2.45) is 5.92 Å². The summed E-state index contributed by atoms with van der Waals surface area (Å²) in [6.45, 7) is 1.93.